The maximum Gasteiger partial charge on any atom is 0.224 e. The summed E-state index contributed by atoms with van der Waals surface area (Å²) in [6.07, 6.45) is 8.83. The maximum absolute atomic E-state index is 6.12. The quantitative estimate of drug-likeness (QED) is 0.403. The largest absolute Gasteiger partial charge is 0.463 e. The number of fused-ring (bicyclic) bond motifs is 1. The summed E-state index contributed by atoms with van der Waals surface area (Å²) in [5.74, 6) is 2.56. The van der Waals surface area contributed by atoms with Crippen molar-refractivity contribution in [2.75, 3.05) is 11.1 Å². The van der Waals surface area contributed by atoms with Crippen LogP contribution < -0.4 is 16.8 Å². The van der Waals surface area contributed by atoms with Gasteiger partial charge in [0.1, 0.15) is 11.5 Å². The van der Waals surface area contributed by atoms with Crippen molar-refractivity contribution in [3.8, 4) is 11.5 Å². The molecule has 4 heterocycles. The average molecular weight is 433 g/mol. The fraction of sp³-hybridized carbons (Fsp3) is 0.391. The first-order valence-corrected chi connectivity index (χ1v) is 11.1. The van der Waals surface area contributed by atoms with E-state index in [2.05, 4.69) is 24.8 Å². The molecule has 0 aliphatic heterocycles. The molecule has 1 atom stereocenters. The molecule has 0 spiro atoms. The Morgan fingerprint density at radius 2 is 2.03 bits per heavy atom. The molecule has 32 heavy (non-hydrogen) atoms. The summed E-state index contributed by atoms with van der Waals surface area (Å²) >= 11 is 0. The Labute approximate surface area is 186 Å². The number of nitrogen functional groups attached to an aromatic ring is 1. The number of hydrogen-bond acceptors (Lipinski definition) is 8. The molecule has 4 aromatic rings. The second-order valence-electron chi connectivity index (χ2n) is 8.50. The average Bonchev–Trinajstić information content (AvgIpc) is 3.53. The summed E-state index contributed by atoms with van der Waals surface area (Å²) in [4.78, 5) is 18.4. The predicted molar refractivity (Wildman–Crippen MR) is 124 cm³/mol. The highest BCUT2D eigenvalue weighted by atomic mass is 16.3. The van der Waals surface area contributed by atoms with Crippen molar-refractivity contribution in [3.63, 3.8) is 0 Å². The molecule has 9 heteroatoms. The van der Waals surface area contributed by atoms with Crippen molar-refractivity contribution < 1.29 is 4.42 Å². The van der Waals surface area contributed by atoms with Crippen LogP contribution in [0.2, 0.25) is 0 Å². The van der Waals surface area contributed by atoms with Crippen molar-refractivity contribution in [1.29, 1.82) is 0 Å². The van der Waals surface area contributed by atoms with Crippen LogP contribution in [0.15, 0.2) is 41.1 Å². The third-order valence-corrected chi connectivity index (χ3v) is 5.88. The fourth-order valence-corrected chi connectivity index (χ4v) is 4.42. The number of nitrogens with two attached hydrogens (primary N) is 2. The molecule has 9 nitrogen and oxygen atoms in total. The van der Waals surface area contributed by atoms with Crippen LogP contribution in [0.1, 0.15) is 50.0 Å². The van der Waals surface area contributed by atoms with Crippen LogP contribution in [-0.4, -0.2) is 30.5 Å². The smallest absolute Gasteiger partial charge is 0.224 e. The molecule has 166 valence electrons. The van der Waals surface area contributed by atoms with E-state index in [4.69, 9.17) is 20.9 Å². The van der Waals surface area contributed by atoms with E-state index in [1.165, 1.54) is 12.8 Å². The van der Waals surface area contributed by atoms with E-state index in [-0.39, 0.29) is 12.0 Å². The second kappa shape index (κ2) is 8.58. The molecule has 0 amide bonds. The molecule has 1 unspecified atom stereocenters. The van der Waals surface area contributed by atoms with Crippen LogP contribution in [0.5, 0.6) is 0 Å². The molecular weight excluding hydrogens is 404 g/mol. The second-order valence-corrected chi connectivity index (χ2v) is 8.50. The van der Waals surface area contributed by atoms with Gasteiger partial charge in [-0.15, -0.1) is 0 Å². The van der Waals surface area contributed by atoms with Crippen molar-refractivity contribution in [1.82, 2.24) is 24.5 Å². The maximum atomic E-state index is 6.12. The summed E-state index contributed by atoms with van der Waals surface area (Å²) in [7, 11) is 0. The van der Waals surface area contributed by atoms with Gasteiger partial charge in [0, 0.05) is 31.2 Å². The Kier molecular flexibility index (Phi) is 5.48. The molecule has 1 saturated carbocycles. The van der Waals surface area contributed by atoms with Gasteiger partial charge in [-0.2, -0.15) is 9.97 Å². The fourth-order valence-electron chi connectivity index (χ4n) is 4.42. The standard InChI is InChI=1S/C23H28N8O/c1-14(24)11-19-28-20-21(29-23(25)30-22(20)31(19)16-5-2-3-6-16)27-13-15-8-9-17(26-12-15)18-7-4-10-32-18/h4,7-10,12,14,16H,2-3,5-6,11,13,24H2,1H3,(H3,25,27,29,30). The van der Waals surface area contributed by atoms with Crippen LogP contribution >= 0.6 is 0 Å². The third-order valence-electron chi connectivity index (χ3n) is 5.88. The first kappa shape index (κ1) is 20.4. The number of furan rings is 1. The third kappa shape index (κ3) is 4.03. The first-order chi connectivity index (χ1) is 15.6. The van der Waals surface area contributed by atoms with Crippen LogP contribution in [0.4, 0.5) is 11.8 Å². The van der Waals surface area contributed by atoms with Crippen molar-refractivity contribution in [2.45, 2.75) is 57.7 Å². The van der Waals surface area contributed by atoms with E-state index in [0.29, 0.717) is 24.8 Å². The van der Waals surface area contributed by atoms with E-state index in [0.717, 1.165) is 46.8 Å². The Bertz CT molecular complexity index is 1190. The number of hydrogen-bond donors (Lipinski definition) is 3. The lowest BCUT2D eigenvalue weighted by molar-refractivity contribution is 0.499. The SMILES string of the molecule is CC(N)Cc1nc2c(NCc3ccc(-c4ccco4)nc3)nc(N)nc2n1C1CCCC1. The van der Waals surface area contributed by atoms with Crippen LogP contribution in [0, 0.1) is 0 Å². The Hall–Kier alpha value is -3.46. The van der Waals surface area contributed by atoms with E-state index < -0.39 is 0 Å². The molecule has 0 bridgehead atoms. The van der Waals surface area contributed by atoms with Crippen molar-refractivity contribution in [2.24, 2.45) is 5.73 Å². The minimum absolute atomic E-state index is 0.00688. The molecule has 5 rings (SSSR count). The molecule has 4 aromatic heterocycles. The number of imidazole rings is 1. The molecule has 1 fully saturated rings. The lowest BCUT2D eigenvalue weighted by Gasteiger charge is -2.16. The molecule has 1 aliphatic rings. The van der Waals surface area contributed by atoms with Gasteiger partial charge >= 0.3 is 0 Å². The highest BCUT2D eigenvalue weighted by Crippen LogP contribution is 2.35. The van der Waals surface area contributed by atoms with E-state index in [9.17, 15) is 0 Å². The minimum atomic E-state index is 0.00688. The predicted octanol–water partition coefficient (Wildman–Crippen LogP) is 3.68. The normalized spacial score (nSPS) is 15.4. The first-order valence-electron chi connectivity index (χ1n) is 11.1. The molecule has 0 radical (unpaired) electrons. The Morgan fingerprint density at radius 1 is 1.19 bits per heavy atom. The summed E-state index contributed by atoms with van der Waals surface area (Å²) in [5.41, 5.74) is 15.5. The number of aromatic nitrogens is 5. The van der Waals surface area contributed by atoms with Gasteiger partial charge in [0.25, 0.3) is 0 Å². The van der Waals surface area contributed by atoms with Gasteiger partial charge in [0.05, 0.1) is 6.26 Å². The zero-order valence-corrected chi connectivity index (χ0v) is 18.2. The Morgan fingerprint density at radius 3 is 2.72 bits per heavy atom. The molecular formula is C23H28N8O. The summed E-state index contributed by atoms with van der Waals surface area (Å²) < 4.78 is 7.65. The molecule has 5 N–H and O–H groups in total. The lowest BCUT2D eigenvalue weighted by atomic mass is 10.2. The van der Waals surface area contributed by atoms with Gasteiger partial charge in [-0.1, -0.05) is 18.9 Å². The number of nitrogens with one attached hydrogen (secondary N) is 1. The van der Waals surface area contributed by atoms with Crippen LogP contribution in [0.3, 0.4) is 0 Å². The minimum Gasteiger partial charge on any atom is -0.463 e. The zero-order chi connectivity index (χ0) is 22.1. The number of rotatable bonds is 7. The number of nitrogens with zero attached hydrogens (tertiary/aromatic N) is 5. The molecule has 1 aliphatic carbocycles. The van der Waals surface area contributed by atoms with Crippen molar-refractivity contribution >= 4 is 22.9 Å². The van der Waals surface area contributed by atoms with Crippen molar-refractivity contribution in [3.05, 3.63) is 48.1 Å². The highest BCUT2D eigenvalue weighted by molar-refractivity contribution is 5.85. The van der Waals surface area contributed by atoms with Gasteiger partial charge in [-0.05, 0) is 43.5 Å². The lowest BCUT2D eigenvalue weighted by Crippen LogP contribution is -2.21. The van der Waals surface area contributed by atoms with Crippen LogP contribution in [0.25, 0.3) is 22.6 Å². The monoisotopic (exact) mass is 432 g/mol. The summed E-state index contributed by atoms with van der Waals surface area (Å²) in [6.45, 7) is 2.53. The van der Waals surface area contributed by atoms with E-state index in [1.54, 1.807) is 6.26 Å². The highest BCUT2D eigenvalue weighted by Gasteiger charge is 2.25. The zero-order valence-electron chi connectivity index (χ0n) is 18.2. The van der Waals surface area contributed by atoms with Gasteiger partial charge < -0.3 is 25.8 Å². The van der Waals surface area contributed by atoms with E-state index in [1.807, 2.05) is 37.4 Å². The van der Waals surface area contributed by atoms with Gasteiger partial charge in [-0.3, -0.25) is 4.98 Å². The number of anilines is 2. The Balaban J connectivity index is 1.44. The van der Waals surface area contributed by atoms with Gasteiger partial charge in [0.15, 0.2) is 22.7 Å². The van der Waals surface area contributed by atoms with E-state index >= 15 is 0 Å². The van der Waals surface area contributed by atoms with Gasteiger partial charge in [-0.25, -0.2) is 4.98 Å². The van der Waals surface area contributed by atoms with Gasteiger partial charge in [0.2, 0.25) is 5.95 Å². The summed E-state index contributed by atoms with van der Waals surface area (Å²) in [5, 5.41) is 3.38. The summed E-state index contributed by atoms with van der Waals surface area (Å²) in [6, 6.07) is 8.08. The molecule has 0 saturated heterocycles. The van der Waals surface area contributed by atoms with Crippen LogP contribution in [-0.2, 0) is 13.0 Å². The topological polar surface area (TPSA) is 134 Å². The molecule has 0 aromatic carbocycles. The number of pyridine rings is 1.